The Labute approximate surface area is 184 Å². The Morgan fingerprint density at radius 2 is 0.806 bits per heavy atom. The van der Waals surface area contributed by atoms with Crippen LogP contribution in [0.2, 0.25) is 0 Å². The van der Waals surface area contributed by atoms with Gasteiger partial charge in [0.25, 0.3) is 0 Å². The van der Waals surface area contributed by atoms with E-state index in [0.717, 1.165) is 39.8 Å². The summed E-state index contributed by atoms with van der Waals surface area (Å²) in [5.74, 6) is 0. The van der Waals surface area contributed by atoms with Gasteiger partial charge < -0.3 is 20.9 Å². The minimum absolute atomic E-state index is 1.06. The third kappa shape index (κ3) is 5.17. The lowest BCUT2D eigenvalue weighted by atomic mass is 10.2. The standard InChI is InChI=1S/C27H28N4/c1-20-4-6-22(7-5-20)29-24-12-16-26(17-13-24)31(3)27-18-14-25(15-19-27)30-23-10-8-21(28-2)9-11-23/h4-19,28-30H,1-3H3. The molecular weight excluding hydrogens is 380 g/mol. The van der Waals surface area contributed by atoms with Gasteiger partial charge in [-0.15, -0.1) is 0 Å². The van der Waals surface area contributed by atoms with Crippen LogP contribution in [0.15, 0.2) is 97.1 Å². The van der Waals surface area contributed by atoms with Crippen LogP contribution in [0, 0.1) is 6.92 Å². The highest BCUT2D eigenvalue weighted by Crippen LogP contribution is 2.28. The smallest absolute Gasteiger partial charge is 0.0409 e. The summed E-state index contributed by atoms with van der Waals surface area (Å²) < 4.78 is 0. The third-order valence-corrected chi connectivity index (χ3v) is 5.31. The highest BCUT2D eigenvalue weighted by molar-refractivity contribution is 5.70. The lowest BCUT2D eigenvalue weighted by Gasteiger charge is -2.20. The molecule has 31 heavy (non-hydrogen) atoms. The van der Waals surface area contributed by atoms with Crippen LogP contribution in [-0.2, 0) is 0 Å². The van der Waals surface area contributed by atoms with E-state index in [4.69, 9.17) is 0 Å². The SMILES string of the molecule is CNc1ccc(Nc2ccc(N(C)c3ccc(Nc4ccc(C)cc4)cc3)cc2)cc1. The first kappa shape index (κ1) is 20.4. The Morgan fingerprint density at radius 3 is 1.19 bits per heavy atom. The van der Waals surface area contributed by atoms with Crippen molar-refractivity contribution in [3.8, 4) is 0 Å². The van der Waals surface area contributed by atoms with E-state index in [1.807, 2.05) is 7.05 Å². The number of hydrogen-bond donors (Lipinski definition) is 3. The largest absolute Gasteiger partial charge is 0.388 e. The maximum atomic E-state index is 3.44. The van der Waals surface area contributed by atoms with Crippen molar-refractivity contribution in [1.29, 1.82) is 0 Å². The maximum absolute atomic E-state index is 3.44. The molecule has 4 heteroatoms. The fourth-order valence-corrected chi connectivity index (χ4v) is 3.38. The lowest BCUT2D eigenvalue weighted by molar-refractivity contribution is 1.21. The predicted molar refractivity (Wildman–Crippen MR) is 135 cm³/mol. The van der Waals surface area contributed by atoms with E-state index >= 15 is 0 Å². The number of benzene rings is 4. The first-order valence-electron chi connectivity index (χ1n) is 10.4. The van der Waals surface area contributed by atoms with E-state index in [0.29, 0.717) is 0 Å². The van der Waals surface area contributed by atoms with Gasteiger partial charge in [0.2, 0.25) is 0 Å². The lowest BCUT2D eigenvalue weighted by Crippen LogP contribution is -2.09. The maximum Gasteiger partial charge on any atom is 0.0409 e. The second kappa shape index (κ2) is 9.26. The summed E-state index contributed by atoms with van der Waals surface area (Å²) in [5.41, 5.74) is 8.93. The Bertz CT molecular complexity index is 1100. The average Bonchev–Trinajstić information content (AvgIpc) is 2.82. The van der Waals surface area contributed by atoms with Crippen molar-refractivity contribution in [2.45, 2.75) is 6.92 Å². The van der Waals surface area contributed by atoms with Crippen molar-refractivity contribution < 1.29 is 0 Å². The van der Waals surface area contributed by atoms with Gasteiger partial charge in [-0.25, -0.2) is 0 Å². The fraction of sp³-hybridized carbons (Fsp3) is 0.111. The van der Waals surface area contributed by atoms with Gasteiger partial charge in [0.05, 0.1) is 0 Å². The molecule has 0 heterocycles. The molecule has 0 aliphatic carbocycles. The monoisotopic (exact) mass is 408 g/mol. The van der Waals surface area contributed by atoms with Crippen molar-refractivity contribution in [1.82, 2.24) is 0 Å². The minimum Gasteiger partial charge on any atom is -0.388 e. The highest BCUT2D eigenvalue weighted by atomic mass is 15.1. The molecule has 0 radical (unpaired) electrons. The summed E-state index contributed by atoms with van der Waals surface area (Å²) in [6.45, 7) is 2.10. The van der Waals surface area contributed by atoms with E-state index in [-0.39, 0.29) is 0 Å². The molecule has 0 aromatic heterocycles. The van der Waals surface area contributed by atoms with E-state index in [1.165, 1.54) is 5.56 Å². The molecule has 4 aromatic rings. The van der Waals surface area contributed by atoms with E-state index < -0.39 is 0 Å². The first-order chi connectivity index (χ1) is 15.1. The zero-order valence-corrected chi connectivity index (χ0v) is 18.2. The third-order valence-electron chi connectivity index (χ3n) is 5.31. The molecule has 0 unspecified atom stereocenters. The molecule has 3 N–H and O–H groups in total. The van der Waals surface area contributed by atoms with Gasteiger partial charge in [0.1, 0.15) is 0 Å². The van der Waals surface area contributed by atoms with Crippen molar-refractivity contribution in [2.75, 3.05) is 34.9 Å². The molecule has 0 atom stereocenters. The molecule has 156 valence electrons. The average molecular weight is 409 g/mol. The van der Waals surface area contributed by atoms with Gasteiger partial charge >= 0.3 is 0 Å². The number of hydrogen-bond acceptors (Lipinski definition) is 4. The molecule has 4 nitrogen and oxygen atoms in total. The molecule has 0 fully saturated rings. The second-order valence-electron chi connectivity index (χ2n) is 7.60. The number of aryl methyl sites for hydroxylation is 1. The van der Waals surface area contributed by atoms with Gasteiger partial charge in [0, 0.05) is 53.9 Å². The highest BCUT2D eigenvalue weighted by Gasteiger charge is 2.05. The summed E-state index contributed by atoms with van der Waals surface area (Å²) in [4.78, 5) is 2.18. The van der Waals surface area contributed by atoms with Crippen LogP contribution in [0.4, 0.5) is 39.8 Å². The fourth-order valence-electron chi connectivity index (χ4n) is 3.38. The van der Waals surface area contributed by atoms with Crippen LogP contribution in [-0.4, -0.2) is 14.1 Å². The van der Waals surface area contributed by atoms with Gasteiger partial charge in [-0.2, -0.15) is 0 Å². The second-order valence-corrected chi connectivity index (χ2v) is 7.60. The zero-order valence-electron chi connectivity index (χ0n) is 18.2. The molecular formula is C27H28N4. The van der Waals surface area contributed by atoms with Crippen LogP contribution in [0.3, 0.4) is 0 Å². The van der Waals surface area contributed by atoms with Crippen molar-refractivity contribution >= 4 is 39.8 Å². The van der Waals surface area contributed by atoms with E-state index in [1.54, 1.807) is 0 Å². The van der Waals surface area contributed by atoms with Crippen LogP contribution in [0.5, 0.6) is 0 Å². The summed E-state index contributed by atoms with van der Waals surface area (Å²) in [7, 11) is 4.01. The predicted octanol–water partition coefficient (Wildman–Crippen LogP) is 7.29. The summed E-state index contributed by atoms with van der Waals surface area (Å²) in [6, 6.07) is 33.6. The van der Waals surface area contributed by atoms with E-state index in [9.17, 15) is 0 Å². The van der Waals surface area contributed by atoms with Crippen LogP contribution in [0.1, 0.15) is 5.56 Å². The van der Waals surface area contributed by atoms with Crippen molar-refractivity contribution in [2.24, 2.45) is 0 Å². The van der Waals surface area contributed by atoms with Crippen LogP contribution < -0.4 is 20.9 Å². The summed E-state index contributed by atoms with van der Waals surface area (Å²) >= 11 is 0. The number of nitrogens with zero attached hydrogens (tertiary/aromatic N) is 1. The topological polar surface area (TPSA) is 39.3 Å². The normalized spacial score (nSPS) is 10.4. The molecule has 0 aliphatic heterocycles. The zero-order chi connectivity index (χ0) is 21.6. The molecule has 4 aromatic carbocycles. The number of nitrogens with one attached hydrogen (secondary N) is 3. The minimum atomic E-state index is 1.06. The van der Waals surface area contributed by atoms with Gasteiger partial charge in [-0.3, -0.25) is 0 Å². The molecule has 0 aliphatic rings. The van der Waals surface area contributed by atoms with E-state index in [2.05, 4.69) is 132 Å². The summed E-state index contributed by atoms with van der Waals surface area (Å²) in [5, 5.41) is 10.0. The first-order valence-corrected chi connectivity index (χ1v) is 10.4. The Morgan fingerprint density at radius 1 is 0.484 bits per heavy atom. The molecule has 0 saturated carbocycles. The van der Waals surface area contributed by atoms with Gasteiger partial charge in [-0.1, -0.05) is 17.7 Å². The Hall–Kier alpha value is -3.92. The quantitative estimate of drug-likeness (QED) is 0.300. The Kier molecular flexibility index (Phi) is 6.08. The molecule has 0 amide bonds. The summed E-state index contributed by atoms with van der Waals surface area (Å²) in [6.07, 6.45) is 0. The van der Waals surface area contributed by atoms with Gasteiger partial charge in [-0.05, 0) is 91.9 Å². The number of anilines is 7. The van der Waals surface area contributed by atoms with Crippen LogP contribution >= 0.6 is 0 Å². The molecule has 0 spiro atoms. The number of rotatable bonds is 7. The molecule has 4 rings (SSSR count). The van der Waals surface area contributed by atoms with Gasteiger partial charge in [0.15, 0.2) is 0 Å². The molecule has 0 bridgehead atoms. The Balaban J connectivity index is 1.40. The van der Waals surface area contributed by atoms with Crippen molar-refractivity contribution in [3.05, 3.63) is 103 Å². The van der Waals surface area contributed by atoms with Crippen LogP contribution in [0.25, 0.3) is 0 Å². The van der Waals surface area contributed by atoms with Crippen molar-refractivity contribution in [3.63, 3.8) is 0 Å². The molecule has 0 saturated heterocycles.